The number of carbonyl (C=O) groups is 3. The second-order valence-corrected chi connectivity index (χ2v) is 9.12. The minimum atomic E-state index is -1.07. The summed E-state index contributed by atoms with van der Waals surface area (Å²) < 4.78 is 13.4. The van der Waals surface area contributed by atoms with Crippen LogP contribution in [0.1, 0.15) is 37.2 Å². The molecule has 0 unspecified atom stereocenters. The summed E-state index contributed by atoms with van der Waals surface area (Å²) in [6, 6.07) is 7.69. The number of carboxylic acid groups (broad SMARTS) is 1. The maximum Gasteiger partial charge on any atom is 0.407 e. The number of rotatable bonds is 4. The standard InChI is InChI=1S/C23H27FN4O4/c1-26(22(31)32)19-13-28(12-18(19)15-2-4-17(24)5-3-15)20(29)16-6-10-27(11-7-16)21(30)23(14-25)8-9-23/h2-5,16,18-19H,6-13H2,1H3,(H,31,32)/t18-,19+/m0/s1. The van der Waals surface area contributed by atoms with Gasteiger partial charge in [-0.15, -0.1) is 0 Å². The SMILES string of the molecule is CN(C(=O)O)[C@@H]1CN(C(=O)C2CCN(C(=O)C3(C#N)CC3)CC2)C[C@H]1c1ccc(F)cc1. The molecule has 3 aliphatic rings. The first kappa shape index (κ1) is 22.1. The molecular weight excluding hydrogens is 415 g/mol. The number of amides is 3. The fraction of sp³-hybridized carbons (Fsp3) is 0.565. The lowest BCUT2D eigenvalue weighted by atomic mass is 9.93. The van der Waals surface area contributed by atoms with Gasteiger partial charge in [-0.2, -0.15) is 5.26 Å². The molecule has 1 aromatic carbocycles. The summed E-state index contributed by atoms with van der Waals surface area (Å²) in [6.07, 6.45) is 1.21. The molecule has 0 aromatic heterocycles. The summed E-state index contributed by atoms with van der Waals surface area (Å²) >= 11 is 0. The molecule has 3 fully saturated rings. The van der Waals surface area contributed by atoms with E-state index in [4.69, 9.17) is 0 Å². The molecule has 1 saturated carbocycles. The maximum atomic E-state index is 13.4. The highest BCUT2D eigenvalue weighted by atomic mass is 19.1. The van der Waals surface area contributed by atoms with E-state index in [2.05, 4.69) is 6.07 Å². The van der Waals surface area contributed by atoms with Gasteiger partial charge in [0.2, 0.25) is 11.8 Å². The molecule has 9 heteroatoms. The first-order chi connectivity index (χ1) is 15.3. The van der Waals surface area contributed by atoms with E-state index in [0.717, 1.165) is 5.56 Å². The predicted octanol–water partition coefficient (Wildman–Crippen LogP) is 2.27. The van der Waals surface area contributed by atoms with Crippen molar-refractivity contribution in [2.24, 2.45) is 11.3 Å². The molecule has 2 heterocycles. The average molecular weight is 442 g/mol. The minimum Gasteiger partial charge on any atom is -0.465 e. The van der Waals surface area contributed by atoms with Gasteiger partial charge >= 0.3 is 6.09 Å². The average Bonchev–Trinajstić information content (AvgIpc) is 3.49. The Morgan fingerprint density at radius 3 is 2.28 bits per heavy atom. The topological polar surface area (TPSA) is 105 Å². The zero-order chi connectivity index (χ0) is 23.0. The number of halogens is 1. The minimum absolute atomic E-state index is 0.0353. The molecule has 0 spiro atoms. The third kappa shape index (κ3) is 4.01. The largest absolute Gasteiger partial charge is 0.465 e. The monoisotopic (exact) mass is 442 g/mol. The lowest BCUT2D eigenvalue weighted by Gasteiger charge is -2.34. The highest BCUT2D eigenvalue weighted by molar-refractivity contribution is 5.88. The molecule has 170 valence electrons. The fourth-order valence-corrected chi connectivity index (χ4v) is 4.93. The van der Waals surface area contributed by atoms with Gasteiger partial charge in [-0.1, -0.05) is 12.1 Å². The van der Waals surface area contributed by atoms with E-state index in [9.17, 15) is 29.1 Å². The summed E-state index contributed by atoms with van der Waals surface area (Å²) in [5.41, 5.74) is -0.0468. The van der Waals surface area contributed by atoms with Crippen molar-refractivity contribution < 1.29 is 23.9 Å². The van der Waals surface area contributed by atoms with Crippen LogP contribution in [0.2, 0.25) is 0 Å². The molecule has 0 radical (unpaired) electrons. The Hall–Kier alpha value is -3.15. The molecule has 1 aliphatic carbocycles. The van der Waals surface area contributed by atoms with E-state index in [1.807, 2.05) is 0 Å². The van der Waals surface area contributed by atoms with Gasteiger partial charge in [0, 0.05) is 45.1 Å². The Labute approximate surface area is 186 Å². The van der Waals surface area contributed by atoms with Crippen LogP contribution in [-0.2, 0) is 9.59 Å². The Morgan fingerprint density at radius 1 is 1.12 bits per heavy atom. The Balaban J connectivity index is 1.42. The number of carbonyl (C=O) groups excluding carboxylic acids is 2. The Kier molecular flexibility index (Phi) is 5.80. The Morgan fingerprint density at radius 2 is 1.75 bits per heavy atom. The van der Waals surface area contributed by atoms with Gasteiger partial charge in [0.1, 0.15) is 11.2 Å². The third-order valence-corrected chi connectivity index (χ3v) is 7.20. The van der Waals surface area contributed by atoms with Gasteiger partial charge in [-0.05, 0) is 43.4 Å². The van der Waals surface area contributed by atoms with Crippen molar-refractivity contribution in [3.8, 4) is 6.07 Å². The molecule has 2 saturated heterocycles. The summed E-state index contributed by atoms with van der Waals surface area (Å²) in [5, 5.41) is 18.8. The third-order valence-electron chi connectivity index (χ3n) is 7.20. The normalized spacial score (nSPS) is 24.7. The summed E-state index contributed by atoms with van der Waals surface area (Å²) in [5.74, 6) is -1.00. The van der Waals surface area contributed by atoms with Crippen molar-refractivity contribution in [1.82, 2.24) is 14.7 Å². The van der Waals surface area contributed by atoms with E-state index >= 15 is 0 Å². The fourth-order valence-electron chi connectivity index (χ4n) is 4.93. The van der Waals surface area contributed by atoms with Crippen molar-refractivity contribution in [3.05, 3.63) is 35.6 Å². The van der Waals surface area contributed by atoms with Crippen LogP contribution in [0.25, 0.3) is 0 Å². The highest BCUT2D eigenvalue weighted by Crippen LogP contribution is 2.47. The maximum absolute atomic E-state index is 13.4. The number of nitriles is 1. The van der Waals surface area contributed by atoms with Crippen LogP contribution in [0.15, 0.2) is 24.3 Å². The van der Waals surface area contributed by atoms with E-state index in [0.29, 0.717) is 45.3 Å². The second-order valence-electron chi connectivity index (χ2n) is 9.12. The van der Waals surface area contributed by atoms with Crippen LogP contribution in [0.4, 0.5) is 9.18 Å². The molecule has 3 amide bonds. The van der Waals surface area contributed by atoms with E-state index in [-0.39, 0.29) is 36.0 Å². The van der Waals surface area contributed by atoms with Gasteiger partial charge in [0.25, 0.3) is 0 Å². The van der Waals surface area contributed by atoms with Crippen molar-refractivity contribution in [2.75, 3.05) is 33.2 Å². The number of piperidine rings is 1. The molecule has 8 nitrogen and oxygen atoms in total. The first-order valence-electron chi connectivity index (χ1n) is 11.0. The van der Waals surface area contributed by atoms with Gasteiger partial charge in [-0.25, -0.2) is 9.18 Å². The number of hydrogen-bond acceptors (Lipinski definition) is 4. The van der Waals surface area contributed by atoms with Crippen molar-refractivity contribution in [3.63, 3.8) is 0 Å². The molecule has 1 N–H and O–H groups in total. The summed E-state index contributed by atoms with van der Waals surface area (Å²) in [6.45, 7) is 1.54. The quantitative estimate of drug-likeness (QED) is 0.770. The van der Waals surface area contributed by atoms with Crippen molar-refractivity contribution in [1.29, 1.82) is 5.26 Å². The summed E-state index contributed by atoms with van der Waals surface area (Å²) in [4.78, 5) is 42.1. The van der Waals surface area contributed by atoms with Gasteiger partial charge in [-0.3, -0.25) is 9.59 Å². The van der Waals surface area contributed by atoms with Crippen molar-refractivity contribution in [2.45, 2.75) is 37.6 Å². The first-order valence-corrected chi connectivity index (χ1v) is 11.0. The van der Waals surface area contributed by atoms with Gasteiger partial charge in [0.05, 0.1) is 12.1 Å². The van der Waals surface area contributed by atoms with Crippen LogP contribution in [0.3, 0.4) is 0 Å². The lowest BCUT2D eigenvalue weighted by Crippen LogP contribution is -2.46. The smallest absolute Gasteiger partial charge is 0.407 e. The molecule has 32 heavy (non-hydrogen) atoms. The van der Waals surface area contributed by atoms with Gasteiger partial charge < -0.3 is 19.8 Å². The van der Waals surface area contributed by atoms with Crippen LogP contribution < -0.4 is 0 Å². The predicted molar refractivity (Wildman–Crippen MR) is 112 cm³/mol. The van der Waals surface area contributed by atoms with E-state index < -0.39 is 17.6 Å². The zero-order valence-corrected chi connectivity index (χ0v) is 18.0. The summed E-state index contributed by atoms with van der Waals surface area (Å²) in [7, 11) is 1.49. The van der Waals surface area contributed by atoms with Crippen molar-refractivity contribution >= 4 is 17.9 Å². The number of benzene rings is 1. The molecular formula is C23H27FN4O4. The Bertz CT molecular complexity index is 948. The van der Waals surface area contributed by atoms with Crippen LogP contribution in [0.5, 0.6) is 0 Å². The van der Waals surface area contributed by atoms with E-state index in [1.165, 1.54) is 24.1 Å². The molecule has 0 bridgehead atoms. The molecule has 2 aliphatic heterocycles. The highest BCUT2D eigenvalue weighted by Gasteiger charge is 2.53. The van der Waals surface area contributed by atoms with Crippen LogP contribution >= 0.6 is 0 Å². The van der Waals surface area contributed by atoms with Crippen LogP contribution in [-0.4, -0.2) is 77.0 Å². The van der Waals surface area contributed by atoms with E-state index in [1.54, 1.807) is 21.9 Å². The van der Waals surface area contributed by atoms with Crippen LogP contribution in [0, 0.1) is 28.5 Å². The second kappa shape index (κ2) is 8.41. The molecule has 1 aromatic rings. The number of hydrogen-bond donors (Lipinski definition) is 1. The molecule has 2 atom stereocenters. The van der Waals surface area contributed by atoms with Gasteiger partial charge in [0.15, 0.2) is 0 Å². The number of nitrogens with zero attached hydrogens (tertiary/aromatic N) is 4. The number of likely N-dealkylation sites (N-methyl/N-ethyl adjacent to an activating group) is 1. The molecule has 4 rings (SSSR count). The zero-order valence-electron chi connectivity index (χ0n) is 18.0. The lowest BCUT2D eigenvalue weighted by molar-refractivity contribution is -0.141. The number of likely N-dealkylation sites (tertiary alicyclic amines) is 2.